The van der Waals surface area contributed by atoms with E-state index in [1.54, 1.807) is 12.1 Å². The zero-order valence-corrected chi connectivity index (χ0v) is 12.0. The Morgan fingerprint density at radius 3 is 2.71 bits per heavy atom. The number of aliphatic hydroxyl groups excluding tert-OH is 1. The summed E-state index contributed by atoms with van der Waals surface area (Å²) >= 11 is 0. The van der Waals surface area contributed by atoms with Crippen LogP contribution in [0.4, 0.5) is 0 Å². The number of hydrogen-bond donors (Lipinski definition) is 2. The summed E-state index contributed by atoms with van der Waals surface area (Å²) in [6, 6.07) is 13.6. The van der Waals surface area contributed by atoms with Gasteiger partial charge in [0.05, 0.1) is 6.26 Å². The summed E-state index contributed by atoms with van der Waals surface area (Å²) < 4.78 is 5.10. The van der Waals surface area contributed by atoms with Gasteiger partial charge < -0.3 is 14.8 Å². The van der Waals surface area contributed by atoms with Crippen molar-refractivity contribution in [3.05, 3.63) is 60.1 Å². The lowest BCUT2D eigenvalue weighted by atomic mass is 10.1. The second-order valence-electron chi connectivity index (χ2n) is 5.01. The highest BCUT2D eigenvalue weighted by Crippen LogP contribution is 2.15. The Labute approximate surface area is 124 Å². The van der Waals surface area contributed by atoms with Crippen LogP contribution in [0.25, 0.3) is 0 Å². The van der Waals surface area contributed by atoms with E-state index < -0.39 is 6.10 Å². The molecule has 0 spiro atoms. The van der Waals surface area contributed by atoms with Gasteiger partial charge in [-0.25, -0.2) is 0 Å². The van der Waals surface area contributed by atoms with Crippen LogP contribution >= 0.6 is 0 Å². The molecule has 1 unspecified atom stereocenters. The number of aliphatic hydroxyl groups is 1. The Morgan fingerprint density at radius 1 is 1.19 bits per heavy atom. The summed E-state index contributed by atoms with van der Waals surface area (Å²) in [5, 5.41) is 12.6. The molecule has 2 aromatic rings. The van der Waals surface area contributed by atoms with Crippen molar-refractivity contribution >= 4 is 5.91 Å². The van der Waals surface area contributed by atoms with Gasteiger partial charge in [-0.1, -0.05) is 30.3 Å². The molecule has 4 heteroatoms. The molecule has 0 radical (unpaired) electrons. The molecule has 0 saturated carbocycles. The van der Waals surface area contributed by atoms with E-state index in [0.29, 0.717) is 25.1 Å². The third-order valence-electron chi connectivity index (χ3n) is 3.32. The van der Waals surface area contributed by atoms with Crippen LogP contribution in [0.1, 0.15) is 36.7 Å². The van der Waals surface area contributed by atoms with Gasteiger partial charge in [-0.15, -0.1) is 0 Å². The average Bonchev–Trinajstić information content (AvgIpc) is 3.02. The fraction of sp³-hybridized carbons (Fsp3) is 0.353. The molecular weight excluding hydrogens is 266 g/mol. The largest absolute Gasteiger partial charge is 0.467 e. The Bertz CT molecular complexity index is 522. The van der Waals surface area contributed by atoms with Crippen LogP contribution < -0.4 is 5.32 Å². The van der Waals surface area contributed by atoms with Crippen LogP contribution in [0.2, 0.25) is 0 Å². The second kappa shape index (κ2) is 8.27. The second-order valence-corrected chi connectivity index (χ2v) is 5.01. The molecule has 1 atom stereocenters. The Morgan fingerprint density at radius 2 is 2.00 bits per heavy atom. The SMILES string of the molecule is O=C(CCCc1ccccc1)NCCC(O)c1ccco1. The average molecular weight is 287 g/mol. The number of furan rings is 1. The van der Waals surface area contributed by atoms with Gasteiger partial charge in [-0.2, -0.15) is 0 Å². The summed E-state index contributed by atoms with van der Waals surface area (Å²) in [4.78, 5) is 11.7. The van der Waals surface area contributed by atoms with Crippen LogP contribution in [0, 0.1) is 0 Å². The summed E-state index contributed by atoms with van der Waals surface area (Å²) in [5.74, 6) is 0.561. The van der Waals surface area contributed by atoms with E-state index in [2.05, 4.69) is 17.4 Å². The van der Waals surface area contributed by atoms with E-state index in [1.165, 1.54) is 11.8 Å². The molecule has 2 N–H and O–H groups in total. The van der Waals surface area contributed by atoms with Gasteiger partial charge in [0.25, 0.3) is 0 Å². The first kappa shape index (κ1) is 15.3. The summed E-state index contributed by atoms with van der Waals surface area (Å²) in [6.07, 6.45) is 3.56. The molecule has 0 saturated heterocycles. The molecule has 1 heterocycles. The lowest BCUT2D eigenvalue weighted by molar-refractivity contribution is -0.121. The van der Waals surface area contributed by atoms with E-state index in [0.717, 1.165) is 12.8 Å². The quantitative estimate of drug-likeness (QED) is 0.784. The number of benzene rings is 1. The molecule has 0 fully saturated rings. The molecule has 0 aliphatic rings. The van der Waals surface area contributed by atoms with E-state index in [4.69, 9.17) is 4.42 Å². The van der Waals surface area contributed by atoms with Crippen molar-refractivity contribution in [1.29, 1.82) is 0 Å². The first-order chi connectivity index (χ1) is 10.3. The fourth-order valence-electron chi connectivity index (χ4n) is 2.16. The van der Waals surface area contributed by atoms with Crippen molar-refractivity contribution in [2.75, 3.05) is 6.54 Å². The molecule has 1 aromatic carbocycles. The maximum atomic E-state index is 11.7. The lowest BCUT2D eigenvalue weighted by Gasteiger charge is -2.09. The van der Waals surface area contributed by atoms with E-state index in [1.807, 2.05) is 18.2 Å². The predicted octanol–water partition coefficient (Wildman–Crippen LogP) is 2.84. The summed E-state index contributed by atoms with van der Waals surface area (Å²) in [5.41, 5.74) is 1.25. The van der Waals surface area contributed by atoms with Crippen LogP contribution in [-0.2, 0) is 11.2 Å². The zero-order chi connectivity index (χ0) is 14.9. The van der Waals surface area contributed by atoms with E-state index >= 15 is 0 Å². The number of carbonyl (C=O) groups excluding carboxylic acids is 1. The fourth-order valence-corrected chi connectivity index (χ4v) is 2.16. The van der Waals surface area contributed by atoms with Gasteiger partial charge in [0.15, 0.2) is 0 Å². The topological polar surface area (TPSA) is 62.5 Å². The van der Waals surface area contributed by atoms with Gasteiger partial charge in [0.1, 0.15) is 11.9 Å². The Balaban J connectivity index is 1.57. The van der Waals surface area contributed by atoms with Crippen molar-refractivity contribution in [2.24, 2.45) is 0 Å². The maximum Gasteiger partial charge on any atom is 0.220 e. The third kappa shape index (κ3) is 5.44. The number of rotatable bonds is 8. The first-order valence-corrected chi connectivity index (χ1v) is 7.28. The van der Waals surface area contributed by atoms with Gasteiger partial charge in [0.2, 0.25) is 5.91 Å². The standard InChI is InChI=1S/C17H21NO3/c19-15(16-9-5-13-21-16)11-12-18-17(20)10-4-8-14-6-2-1-3-7-14/h1-3,5-7,9,13,15,19H,4,8,10-12H2,(H,18,20). The van der Waals surface area contributed by atoms with Crippen LogP contribution in [0.15, 0.2) is 53.1 Å². The number of hydrogen-bond acceptors (Lipinski definition) is 3. The molecule has 2 rings (SSSR count). The zero-order valence-electron chi connectivity index (χ0n) is 12.0. The number of carbonyl (C=O) groups is 1. The van der Waals surface area contributed by atoms with Crippen LogP contribution in [0.5, 0.6) is 0 Å². The number of amides is 1. The van der Waals surface area contributed by atoms with Gasteiger partial charge in [-0.3, -0.25) is 4.79 Å². The molecule has 21 heavy (non-hydrogen) atoms. The van der Waals surface area contributed by atoms with Crippen molar-refractivity contribution in [3.63, 3.8) is 0 Å². The lowest BCUT2D eigenvalue weighted by Crippen LogP contribution is -2.25. The maximum absolute atomic E-state index is 11.7. The van der Waals surface area contributed by atoms with Crippen molar-refractivity contribution in [2.45, 2.75) is 31.8 Å². The molecular formula is C17H21NO3. The summed E-state index contributed by atoms with van der Waals surface area (Å²) in [6.45, 7) is 0.450. The molecule has 1 aromatic heterocycles. The van der Waals surface area contributed by atoms with E-state index in [-0.39, 0.29) is 5.91 Å². The van der Waals surface area contributed by atoms with Crippen LogP contribution in [-0.4, -0.2) is 17.6 Å². The molecule has 112 valence electrons. The number of aryl methyl sites for hydroxylation is 1. The highest BCUT2D eigenvalue weighted by atomic mass is 16.4. The minimum absolute atomic E-state index is 0.0255. The monoisotopic (exact) mass is 287 g/mol. The predicted molar refractivity (Wildman–Crippen MR) is 80.7 cm³/mol. The smallest absolute Gasteiger partial charge is 0.220 e. The summed E-state index contributed by atoms with van der Waals surface area (Å²) in [7, 11) is 0. The Hall–Kier alpha value is -2.07. The number of nitrogens with one attached hydrogen (secondary N) is 1. The molecule has 1 amide bonds. The molecule has 0 bridgehead atoms. The van der Waals surface area contributed by atoms with Crippen LogP contribution in [0.3, 0.4) is 0 Å². The van der Waals surface area contributed by atoms with E-state index in [9.17, 15) is 9.90 Å². The normalized spacial score (nSPS) is 12.0. The van der Waals surface area contributed by atoms with Gasteiger partial charge >= 0.3 is 0 Å². The highest BCUT2D eigenvalue weighted by molar-refractivity contribution is 5.75. The minimum atomic E-state index is -0.662. The minimum Gasteiger partial charge on any atom is -0.467 e. The third-order valence-corrected chi connectivity index (χ3v) is 3.32. The molecule has 0 aliphatic heterocycles. The Kier molecular flexibility index (Phi) is 6.03. The first-order valence-electron chi connectivity index (χ1n) is 7.28. The van der Waals surface area contributed by atoms with Gasteiger partial charge in [-0.05, 0) is 37.0 Å². The van der Waals surface area contributed by atoms with Crippen molar-refractivity contribution < 1.29 is 14.3 Å². The van der Waals surface area contributed by atoms with Crippen molar-refractivity contribution in [3.8, 4) is 0 Å². The molecule has 4 nitrogen and oxygen atoms in total. The highest BCUT2D eigenvalue weighted by Gasteiger charge is 2.10. The molecule has 0 aliphatic carbocycles. The van der Waals surface area contributed by atoms with Gasteiger partial charge in [0, 0.05) is 13.0 Å². The van der Waals surface area contributed by atoms with Crippen molar-refractivity contribution in [1.82, 2.24) is 5.32 Å².